The van der Waals surface area contributed by atoms with Gasteiger partial charge >= 0.3 is 6.09 Å². The van der Waals surface area contributed by atoms with Crippen molar-refractivity contribution in [3.05, 3.63) is 101 Å². The van der Waals surface area contributed by atoms with Crippen LogP contribution in [0.15, 0.2) is 78.9 Å². The molecule has 30 heavy (non-hydrogen) atoms. The van der Waals surface area contributed by atoms with Crippen LogP contribution in [0.4, 0.5) is 10.5 Å². The Labute approximate surface area is 176 Å². The zero-order valence-electron chi connectivity index (χ0n) is 16.6. The van der Waals surface area contributed by atoms with Crippen molar-refractivity contribution < 1.29 is 9.53 Å². The highest BCUT2D eigenvalue weighted by Crippen LogP contribution is 2.29. The number of ether oxygens (including phenoxy) is 1. The lowest BCUT2D eigenvalue weighted by Crippen LogP contribution is -2.48. The Bertz CT molecular complexity index is 1040. The minimum Gasteiger partial charge on any atom is -0.445 e. The van der Waals surface area contributed by atoms with Gasteiger partial charge in [-0.1, -0.05) is 60.7 Å². The van der Waals surface area contributed by atoms with Crippen LogP contribution in [0.1, 0.15) is 22.3 Å². The van der Waals surface area contributed by atoms with Crippen LogP contribution in [0.2, 0.25) is 0 Å². The molecule has 1 N–H and O–H groups in total. The maximum Gasteiger partial charge on any atom is 0.407 e. The van der Waals surface area contributed by atoms with Gasteiger partial charge in [-0.15, -0.1) is 0 Å². The summed E-state index contributed by atoms with van der Waals surface area (Å²) in [7, 11) is 0. The van der Waals surface area contributed by atoms with E-state index in [1.54, 1.807) is 0 Å². The fourth-order valence-corrected chi connectivity index (χ4v) is 3.80. The summed E-state index contributed by atoms with van der Waals surface area (Å²) in [5.74, 6) is 0. The molecule has 0 saturated carbocycles. The van der Waals surface area contributed by atoms with E-state index >= 15 is 0 Å². The summed E-state index contributed by atoms with van der Waals surface area (Å²) in [5, 5.41) is 12.3. The average molecular weight is 397 g/mol. The first-order chi connectivity index (χ1) is 14.7. The van der Waals surface area contributed by atoms with Crippen LogP contribution >= 0.6 is 0 Å². The number of nitrogens with zero attached hydrogens (tertiary/aromatic N) is 2. The molecule has 3 aromatic rings. The second kappa shape index (κ2) is 9.15. The molecule has 5 nitrogen and oxygen atoms in total. The van der Waals surface area contributed by atoms with Crippen molar-refractivity contribution in [2.24, 2.45) is 0 Å². The third-order valence-corrected chi connectivity index (χ3v) is 5.21. The number of nitrogens with one attached hydrogen (secondary N) is 1. The van der Waals surface area contributed by atoms with Gasteiger partial charge < -0.3 is 15.0 Å². The van der Waals surface area contributed by atoms with Crippen molar-refractivity contribution in [2.75, 3.05) is 11.4 Å². The van der Waals surface area contributed by atoms with Crippen LogP contribution in [0, 0.1) is 11.3 Å². The van der Waals surface area contributed by atoms with Gasteiger partial charge in [0.15, 0.2) is 0 Å². The predicted octanol–water partition coefficient (Wildman–Crippen LogP) is 4.42. The van der Waals surface area contributed by atoms with Gasteiger partial charge in [-0.25, -0.2) is 4.79 Å². The van der Waals surface area contributed by atoms with Gasteiger partial charge in [0.25, 0.3) is 0 Å². The zero-order chi connectivity index (χ0) is 20.8. The first-order valence-electron chi connectivity index (χ1n) is 10.0. The molecule has 0 aliphatic carbocycles. The monoisotopic (exact) mass is 397 g/mol. The molecule has 0 unspecified atom stereocenters. The Kier molecular flexibility index (Phi) is 5.95. The largest absolute Gasteiger partial charge is 0.445 e. The SMILES string of the molecule is N#Cc1ccc2c(c1)C[C@@H](NC(=O)OCc1ccccc1)CN2Cc1ccccc1. The van der Waals surface area contributed by atoms with Gasteiger partial charge in [-0.05, 0) is 41.3 Å². The van der Waals surface area contributed by atoms with Crippen LogP contribution in [-0.4, -0.2) is 18.7 Å². The number of hydrogen-bond acceptors (Lipinski definition) is 4. The van der Waals surface area contributed by atoms with E-state index < -0.39 is 6.09 Å². The highest BCUT2D eigenvalue weighted by atomic mass is 16.5. The van der Waals surface area contributed by atoms with Crippen molar-refractivity contribution in [2.45, 2.75) is 25.6 Å². The first-order valence-corrected chi connectivity index (χ1v) is 10.0. The summed E-state index contributed by atoms with van der Waals surface area (Å²) in [4.78, 5) is 14.6. The highest BCUT2D eigenvalue weighted by Gasteiger charge is 2.26. The number of hydrogen-bond donors (Lipinski definition) is 1. The van der Waals surface area contributed by atoms with E-state index in [1.807, 2.05) is 66.7 Å². The smallest absolute Gasteiger partial charge is 0.407 e. The summed E-state index contributed by atoms with van der Waals surface area (Å²) >= 11 is 0. The van der Waals surface area contributed by atoms with Gasteiger partial charge in [-0.3, -0.25) is 0 Å². The van der Waals surface area contributed by atoms with Gasteiger partial charge in [0, 0.05) is 18.8 Å². The third kappa shape index (κ3) is 4.79. The average Bonchev–Trinajstić information content (AvgIpc) is 2.78. The molecule has 5 heteroatoms. The van der Waals surface area contributed by atoms with Crippen LogP contribution in [0.3, 0.4) is 0 Å². The number of rotatable bonds is 5. The van der Waals surface area contributed by atoms with Crippen molar-refractivity contribution in [3.8, 4) is 6.07 Å². The van der Waals surface area contributed by atoms with Gasteiger partial charge in [-0.2, -0.15) is 5.26 Å². The normalized spacial score (nSPS) is 15.0. The molecule has 0 saturated heterocycles. The lowest BCUT2D eigenvalue weighted by molar-refractivity contribution is 0.135. The van der Waals surface area contributed by atoms with E-state index in [1.165, 1.54) is 5.56 Å². The minimum atomic E-state index is -0.427. The molecule has 1 amide bonds. The maximum atomic E-state index is 12.4. The molecular weight excluding hydrogens is 374 g/mol. The molecule has 3 aromatic carbocycles. The molecular formula is C25H23N3O2. The summed E-state index contributed by atoms with van der Waals surface area (Å²) < 4.78 is 5.40. The lowest BCUT2D eigenvalue weighted by Gasteiger charge is -2.36. The molecule has 0 aromatic heterocycles. The van der Waals surface area contributed by atoms with Crippen LogP contribution in [0.25, 0.3) is 0 Å². The van der Waals surface area contributed by atoms with E-state index in [4.69, 9.17) is 4.74 Å². The van der Waals surface area contributed by atoms with E-state index in [0.29, 0.717) is 18.5 Å². The van der Waals surface area contributed by atoms with E-state index in [-0.39, 0.29) is 12.6 Å². The first kappa shape index (κ1) is 19.5. The van der Waals surface area contributed by atoms with E-state index in [9.17, 15) is 10.1 Å². The Morgan fingerprint density at radius 2 is 1.73 bits per heavy atom. The number of alkyl carbamates (subject to hydrolysis) is 1. The molecule has 0 radical (unpaired) electrons. The molecule has 0 fully saturated rings. The maximum absolute atomic E-state index is 12.4. The van der Waals surface area contributed by atoms with Crippen molar-refractivity contribution in [3.63, 3.8) is 0 Å². The number of carbonyl (C=O) groups excluding carboxylic acids is 1. The number of fused-ring (bicyclic) bond motifs is 1. The van der Waals surface area contributed by atoms with E-state index in [0.717, 1.165) is 23.4 Å². The molecule has 1 aliphatic heterocycles. The second-order valence-corrected chi connectivity index (χ2v) is 7.43. The Balaban J connectivity index is 1.47. The summed E-state index contributed by atoms with van der Waals surface area (Å²) in [5.41, 5.74) is 4.94. The number of amides is 1. The third-order valence-electron chi connectivity index (χ3n) is 5.21. The standard InChI is InChI=1S/C25H23N3O2/c26-15-21-11-12-24-22(13-21)14-23(17-28(24)16-19-7-3-1-4-8-19)27-25(29)30-18-20-9-5-2-6-10-20/h1-13,23H,14,16-18H2,(H,27,29)/t23-/m1/s1. The van der Waals surface area contributed by atoms with Crippen molar-refractivity contribution in [1.29, 1.82) is 5.26 Å². The fraction of sp³-hybridized carbons (Fsp3) is 0.200. The summed E-state index contributed by atoms with van der Waals surface area (Å²) in [6.07, 6.45) is 0.236. The molecule has 1 atom stereocenters. The molecule has 0 bridgehead atoms. The molecule has 4 rings (SSSR count). The quantitative estimate of drug-likeness (QED) is 0.692. The second-order valence-electron chi connectivity index (χ2n) is 7.43. The lowest BCUT2D eigenvalue weighted by atomic mass is 9.95. The summed E-state index contributed by atoms with van der Waals surface area (Å²) in [6, 6.07) is 27.7. The van der Waals surface area contributed by atoms with Gasteiger partial charge in [0.2, 0.25) is 0 Å². The Morgan fingerprint density at radius 3 is 2.43 bits per heavy atom. The van der Waals surface area contributed by atoms with Crippen LogP contribution < -0.4 is 10.2 Å². The topological polar surface area (TPSA) is 65.4 Å². The van der Waals surface area contributed by atoms with Crippen LogP contribution in [-0.2, 0) is 24.3 Å². The van der Waals surface area contributed by atoms with Gasteiger partial charge in [0.1, 0.15) is 6.61 Å². The minimum absolute atomic E-state index is 0.0987. The summed E-state index contributed by atoms with van der Waals surface area (Å²) in [6.45, 7) is 1.65. The fourth-order valence-electron chi connectivity index (χ4n) is 3.80. The van der Waals surface area contributed by atoms with Crippen molar-refractivity contribution >= 4 is 11.8 Å². The van der Waals surface area contributed by atoms with Gasteiger partial charge in [0.05, 0.1) is 17.7 Å². The van der Waals surface area contributed by atoms with Crippen LogP contribution in [0.5, 0.6) is 0 Å². The number of nitriles is 1. The highest BCUT2D eigenvalue weighted by molar-refractivity contribution is 5.68. The Morgan fingerprint density at radius 1 is 1.03 bits per heavy atom. The number of benzene rings is 3. The predicted molar refractivity (Wildman–Crippen MR) is 116 cm³/mol. The zero-order valence-corrected chi connectivity index (χ0v) is 16.6. The molecule has 0 spiro atoms. The number of carbonyl (C=O) groups is 1. The molecule has 1 heterocycles. The number of anilines is 1. The molecule has 150 valence electrons. The van der Waals surface area contributed by atoms with E-state index in [2.05, 4.69) is 28.4 Å². The molecule has 1 aliphatic rings. The van der Waals surface area contributed by atoms with Crippen molar-refractivity contribution in [1.82, 2.24) is 5.32 Å². The Hall–Kier alpha value is -3.78.